The van der Waals surface area contributed by atoms with Crippen molar-refractivity contribution < 1.29 is 23.5 Å². The van der Waals surface area contributed by atoms with Crippen LogP contribution in [0.5, 0.6) is 17.2 Å². The molecule has 8 heteroatoms. The van der Waals surface area contributed by atoms with Crippen LogP contribution in [0.2, 0.25) is 0 Å². The molecule has 30 heavy (non-hydrogen) atoms. The molecule has 1 atom stereocenters. The quantitative estimate of drug-likeness (QED) is 0.665. The lowest BCUT2D eigenvalue weighted by Crippen LogP contribution is -2.42. The van der Waals surface area contributed by atoms with E-state index >= 15 is 0 Å². The van der Waals surface area contributed by atoms with Gasteiger partial charge in [0.1, 0.15) is 17.8 Å². The van der Waals surface area contributed by atoms with Crippen molar-refractivity contribution in [3.8, 4) is 17.2 Å². The average molecular weight is 403 g/mol. The van der Waals surface area contributed by atoms with Gasteiger partial charge in [0.25, 0.3) is 0 Å². The van der Waals surface area contributed by atoms with Crippen LogP contribution in [0.3, 0.4) is 0 Å². The molecule has 0 N–H and O–H groups in total. The number of benzene rings is 2. The highest BCUT2D eigenvalue weighted by Crippen LogP contribution is 2.55. The average Bonchev–Trinajstić information content (AvgIpc) is 3.12. The molecular formula is C22H17N3O5. The molecule has 0 saturated heterocycles. The molecule has 1 aliphatic carbocycles. The molecule has 4 aliphatic rings. The van der Waals surface area contributed by atoms with Crippen LogP contribution < -0.4 is 19.1 Å². The number of nitrogens with zero attached hydrogens (tertiary/aromatic N) is 3. The van der Waals surface area contributed by atoms with E-state index in [4.69, 9.17) is 18.7 Å². The van der Waals surface area contributed by atoms with Gasteiger partial charge in [-0.05, 0) is 30.5 Å². The first kappa shape index (κ1) is 16.3. The fourth-order valence-corrected chi connectivity index (χ4v) is 4.69. The summed E-state index contributed by atoms with van der Waals surface area (Å²) in [4.78, 5) is 20.1. The first-order valence-electron chi connectivity index (χ1n) is 10.0. The van der Waals surface area contributed by atoms with E-state index in [-0.39, 0.29) is 25.9 Å². The van der Waals surface area contributed by atoms with Crippen molar-refractivity contribution in [2.24, 2.45) is 0 Å². The van der Waals surface area contributed by atoms with E-state index in [2.05, 4.69) is 10.1 Å². The third-order valence-electron chi connectivity index (χ3n) is 6.35. The highest BCUT2D eigenvalue weighted by Gasteiger charge is 2.57. The van der Waals surface area contributed by atoms with Crippen LogP contribution in [-0.4, -0.2) is 29.4 Å². The van der Waals surface area contributed by atoms with Crippen molar-refractivity contribution in [2.45, 2.75) is 30.7 Å². The summed E-state index contributed by atoms with van der Waals surface area (Å²) in [7, 11) is 0. The number of para-hydroxylation sites is 1. The second kappa shape index (κ2) is 5.53. The van der Waals surface area contributed by atoms with Crippen LogP contribution in [-0.2, 0) is 16.8 Å². The Kier molecular flexibility index (Phi) is 3.00. The maximum absolute atomic E-state index is 13.9. The van der Waals surface area contributed by atoms with Gasteiger partial charge in [-0.2, -0.15) is 4.98 Å². The molecule has 3 aromatic rings. The Labute approximate surface area is 171 Å². The lowest BCUT2D eigenvalue weighted by atomic mass is 9.77. The van der Waals surface area contributed by atoms with Gasteiger partial charge in [-0.3, -0.25) is 4.79 Å². The first-order chi connectivity index (χ1) is 14.7. The Hall–Kier alpha value is -3.55. The molecule has 1 aromatic heterocycles. The minimum Gasteiger partial charge on any atom is -0.491 e. The van der Waals surface area contributed by atoms with Crippen molar-refractivity contribution in [1.82, 2.24) is 10.1 Å². The molecule has 7 rings (SSSR count). The summed E-state index contributed by atoms with van der Waals surface area (Å²) in [6.07, 6.45) is 2.17. The van der Waals surface area contributed by atoms with E-state index in [0.717, 1.165) is 29.7 Å². The number of hydrogen-bond acceptors (Lipinski definition) is 7. The summed E-state index contributed by atoms with van der Waals surface area (Å²) >= 11 is 0. The van der Waals surface area contributed by atoms with Crippen LogP contribution in [0, 0.1) is 0 Å². The summed E-state index contributed by atoms with van der Waals surface area (Å²) in [6.45, 7) is 0.661. The van der Waals surface area contributed by atoms with Crippen LogP contribution in [0.4, 0.5) is 5.69 Å². The third kappa shape index (κ3) is 2.03. The smallest absolute Gasteiger partial charge is 0.246 e. The maximum Gasteiger partial charge on any atom is 0.246 e. The standard InChI is InChI=1S/C22H17N3O5/c26-21-22(10-27-16-8-18-17(7-14(16)22)28-11-29-18)13-3-1-2-4-15(13)25(21)9-19-23-20(30-24-19)12-5-6-12/h1-4,7-8,12H,5-6,9-11H2. The third-order valence-corrected chi connectivity index (χ3v) is 6.35. The predicted molar refractivity (Wildman–Crippen MR) is 103 cm³/mol. The lowest BCUT2D eigenvalue weighted by molar-refractivity contribution is -0.122. The van der Waals surface area contributed by atoms with E-state index in [0.29, 0.717) is 34.9 Å². The van der Waals surface area contributed by atoms with E-state index in [1.165, 1.54) is 0 Å². The topological polar surface area (TPSA) is 86.9 Å². The van der Waals surface area contributed by atoms with Gasteiger partial charge in [-0.25, -0.2) is 0 Å². The largest absolute Gasteiger partial charge is 0.491 e. The van der Waals surface area contributed by atoms with Gasteiger partial charge in [0.05, 0.1) is 6.54 Å². The molecule has 3 aliphatic heterocycles. The van der Waals surface area contributed by atoms with Gasteiger partial charge in [0.2, 0.25) is 18.6 Å². The molecule has 1 amide bonds. The predicted octanol–water partition coefficient (Wildman–Crippen LogP) is 2.90. The number of fused-ring (bicyclic) bond motifs is 5. The summed E-state index contributed by atoms with van der Waals surface area (Å²) < 4.78 is 22.4. The monoisotopic (exact) mass is 403 g/mol. The highest BCUT2D eigenvalue weighted by atomic mass is 16.7. The van der Waals surface area contributed by atoms with Gasteiger partial charge < -0.3 is 23.6 Å². The van der Waals surface area contributed by atoms with Crippen molar-refractivity contribution >= 4 is 11.6 Å². The second-order valence-electron chi connectivity index (χ2n) is 8.13. The Morgan fingerprint density at radius 2 is 1.87 bits per heavy atom. The number of hydrogen-bond donors (Lipinski definition) is 0. The van der Waals surface area contributed by atoms with E-state index < -0.39 is 5.41 Å². The van der Waals surface area contributed by atoms with E-state index in [9.17, 15) is 4.79 Å². The number of carbonyl (C=O) groups is 1. The Morgan fingerprint density at radius 3 is 2.73 bits per heavy atom. The Bertz CT molecular complexity index is 1220. The van der Waals surface area contributed by atoms with Crippen molar-refractivity contribution in [3.63, 3.8) is 0 Å². The SMILES string of the molecule is O=C1N(Cc2noc(C3CC3)n2)c2ccccc2C12COc1cc3c(cc12)OCO3. The summed E-state index contributed by atoms with van der Waals surface area (Å²) in [5.41, 5.74) is 1.64. The molecule has 0 radical (unpaired) electrons. The van der Waals surface area contributed by atoms with Crippen LogP contribution in [0.1, 0.15) is 41.6 Å². The number of ether oxygens (including phenoxy) is 3. The number of rotatable bonds is 3. The number of anilines is 1. The van der Waals surface area contributed by atoms with Gasteiger partial charge in [0, 0.05) is 23.2 Å². The van der Waals surface area contributed by atoms with Crippen LogP contribution >= 0.6 is 0 Å². The minimum atomic E-state index is -0.921. The Morgan fingerprint density at radius 1 is 1.03 bits per heavy atom. The zero-order chi connectivity index (χ0) is 19.9. The molecule has 1 spiro atoms. The van der Waals surface area contributed by atoms with Crippen molar-refractivity contribution in [3.05, 3.63) is 59.2 Å². The zero-order valence-electron chi connectivity index (χ0n) is 16.0. The number of carbonyl (C=O) groups excluding carboxylic acids is 1. The first-order valence-corrected chi connectivity index (χ1v) is 10.0. The van der Waals surface area contributed by atoms with Gasteiger partial charge in [-0.15, -0.1) is 0 Å². The van der Waals surface area contributed by atoms with E-state index in [1.807, 2.05) is 36.4 Å². The molecular weight excluding hydrogens is 386 g/mol. The molecule has 1 unspecified atom stereocenters. The lowest BCUT2D eigenvalue weighted by Gasteiger charge is -2.22. The molecule has 2 aromatic carbocycles. The maximum atomic E-state index is 13.9. The number of amides is 1. The van der Waals surface area contributed by atoms with Gasteiger partial charge in [0.15, 0.2) is 17.3 Å². The normalized spacial score (nSPS) is 23.1. The van der Waals surface area contributed by atoms with Crippen molar-refractivity contribution in [2.75, 3.05) is 18.3 Å². The fourth-order valence-electron chi connectivity index (χ4n) is 4.69. The minimum absolute atomic E-state index is 0.0564. The van der Waals surface area contributed by atoms with Crippen LogP contribution in [0.15, 0.2) is 40.9 Å². The number of aromatic nitrogens is 2. The molecule has 8 nitrogen and oxygen atoms in total. The Balaban J connectivity index is 1.34. The van der Waals surface area contributed by atoms with Crippen molar-refractivity contribution in [1.29, 1.82) is 0 Å². The van der Waals surface area contributed by atoms with Gasteiger partial charge in [-0.1, -0.05) is 23.4 Å². The van der Waals surface area contributed by atoms with Gasteiger partial charge >= 0.3 is 0 Å². The molecule has 0 bridgehead atoms. The highest BCUT2D eigenvalue weighted by molar-refractivity contribution is 6.11. The summed E-state index contributed by atoms with van der Waals surface area (Å²) in [5, 5.41) is 4.11. The molecule has 150 valence electrons. The fraction of sp³-hybridized carbons (Fsp3) is 0.318. The molecule has 4 heterocycles. The zero-order valence-corrected chi connectivity index (χ0v) is 16.0. The second-order valence-corrected chi connectivity index (χ2v) is 8.13. The summed E-state index contributed by atoms with van der Waals surface area (Å²) in [5.74, 6) is 3.43. The van der Waals surface area contributed by atoms with Crippen LogP contribution in [0.25, 0.3) is 0 Å². The summed E-state index contributed by atoms with van der Waals surface area (Å²) in [6, 6.07) is 11.5. The van der Waals surface area contributed by atoms with E-state index in [1.54, 1.807) is 4.90 Å². The molecule has 1 saturated carbocycles. The molecule has 1 fully saturated rings.